The molecule has 0 saturated heterocycles. The second-order valence-corrected chi connectivity index (χ2v) is 6.77. The highest BCUT2D eigenvalue weighted by Gasteiger charge is 2.18. The molecule has 0 unspecified atom stereocenters. The number of rotatable bonds is 3. The van der Waals surface area contributed by atoms with Gasteiger partial charge >= 0.3 is 0 Å². The van der Waals surface area contributed by atoms with Crippen LogP contribution in [0.1, 0.15) is 15.9 Å². The van der Waals surface area contributed by atoms with E-state index in [1.54, 1.807) is 6.07 Å². The number of aromatic nitrogens is 1. The fourth-order valence-corrected chi connectivity index (χ4v) is 3.99. The maximum absolute atomic E-state index is 11.7. The van der Waals surface area contributed by atoms with Gasteiger partial charge in [-0.15, -0.1) is 0 Å². The van der Waals surface area contributed by atoms with Gasteiger partial charge in [-0.3, -0.25) is 4.79 Å². The molecule has 0 aliphatic heterocycles. The number of phenols is 1. The molecule has 0 fully saturated rings. The smallest absolute Gasteiger partial charge is 0.150 e. The lowest BCUT2D eigenvalue weighted by Gasteiger charge is -2.09. The van der Waals surface area contributed by atoms with Gasteiger partial charge in [0, 0.05) is 22.9 Å². The number of hydrogen-bond donors (Lipinski definition) is 1. The molecular weight excluding hydrogens is 334 g/mol. The normalized spacial score (nSPS) is 11.4. The SMILES string of the molecule is O=Cc1cccc2c1c1c(O)c3ccccc3cc1n2Cc1ccccc1. The Morgan fingerprint density at radius 2 is 1.59 bits per heavy atom. The molecular formula is C24H17NO2. The van der Waals surface area contributed by atoms with Gasteiger partial charge in [0.15, 0.2) is 6.29 Å². The van der Waals surface area contributed by atoms with E-state index in [1.807, 2.05) is 54.6 Å². The first-order chi connectivity index (χ1) is 13.3. The van der Waals surface area contributed by atoms with Crippen LogP contribution in [0.3, 0.4) is 0 Å². The summed E-state index contributed by atoms with van der Waals surface area (Å²) in [6.45, 7) is 0.668. The molecule has 0 atom stereocenters. The molecule has 3 nitrogen and oxygen atoms in total. The van der Waals surface area contributed by atoms with Crippen LogP contribution in [0, 0.1) is 0 Å². The number of aromatic hydroxyl groups is 1. The molecule has 1 aromatic heterocycles. The number of phenolic OH excluding ortho intramolecular Hbond substituents is 1. The van der Waals surface area contributed by atoms with Crippen molar-refractivity contribution in [2.45, 2.75) is 6.54 Å². The molecule has 27 heavy (non-hydrogen) atoms. The second-order valence-electron chi connectivity index (χ2n) is 6.77. The summed E-state index contributed by atoms with van der Waals surface area (Å²) in [5, 5.41) is 14.4. The van der Waals surface area contributed by atoms with Crippen LogP contribution in [0.2, 0.25) is 0 Å². The summed E-state index contributed by atoms with van der Waals surface area (Å²) in [5.41, 5.74) is 3.64. The minimum absolute atomic E-state index is 0.231. The Kier molecular flexibility index (Phi) is 3.47. The van der Waals surface area contributed by atoms with Crippen molar-refractivity contribution in [3.8, 4) is 5.75 Å². The predicted molar refractivity (Wildman–Crippen MR) is 110 cm³/mol. The van der Waals surface area contributed by atoms with E-state index in [0.29, 0.717) is 12.1 Å². The predicted octanol–water partition coefficient (Wildman–Crippen LogP) is 5.51. The van der Waals surface area contributed by atoms with Gasteiger partial charge in [0.05, 0.1) is 16.4 Å². The van der Waals surface area contributed by atoms with E-state index in [-0.39, 0.29) is 5.75 Å². The van der Waals surface area contributed by atoms with E-state index < -0.39 is 0 Å². The van der Waals surface area contributed by atoms with Gasteiger partial charge in [0.25, 0.3) is 0 Å². The monoisotopic (exact) mass is 351 g/mol. The summed E-state index contributed by atoms with van der Waals surface area (Å²) >= 11 is 0. The number of nitrogens with zero attached hydrogens (tertiary/aromatic N) is 1. The van der Waals surface area contributed by atoms with Gasteiger partial charge in [-0.05, 0) is 23.1 Å². The molecule has 0 aliphatic rings. The number of carbonyl (C=O) groups excluding carboxylic acids is 1. The molecule has 0 radical (unpaired) electrons. The highest BCUT2D eigenvalue weighted by Crippen LogP contribution is 2.41. The van der Waals surface area contributed by atoms with Gasteiger partial charge in [0.2, 0.25) is 0 Å². The average Bonchev–Trinajstić information content (AvgIpc) is 3.03. The Morgan fingerprint density at radius 1 is 0.815 bits per heavy atom. The van der Waals surface area contributed by atoms with Crippen LogP contribution in [-0.4, -0.2) is 16.0 Å². The van der Waals surface area contributed by atoms with Crippen molar-refractivity contribution >= 4 is 38.9 Å². The topological polar surface area (TPSA) is 42.2 Å². The summed E-state index contributed by atoms with van der Waals surface area (Å²) in [6.07, 6.45) is 0.864. The maximum Gasteiger partial charge on any atom is 0.150 e. The van der Waals surface area contributed by atoms with Crippen molar-refractivity contribution in [1.29, 1.82) is 0 Å². The summed E-state index contributed by atoms with van der Waals surface area (Å²) in [7, 11) is 0. The third-order valence-corrected chi connectivity index (χ3v) is 5.22. The summed E-state index contributed by atoms with van der Waals surface area (Å²) in [5.74, 6) is 0.231. The molecule has 0 aliphatic carbocycles. The Bertz CT molecular complexity index is 1320. The lowest BCUT2D eigenvalue weighted by Crippen LogP contribution is -1.99. The van der Waals surface area contributed by atoms with Crippen LogP contribution in [0.4, 0.5) is 0 Å². The average molecular weight is 351 g/mol. The van der Waals surface area contributed by atoms with Crippen molar-refractivity contribution in [3.63, 3.8) is 0 Å². The zero-order chi connectivity index (χ0) is 18.4. The Balaban J connectivity index is 1.96. The Hall–Kier alpha value is -3.59. The highest BCUT2D eigenvalue weighted by molar-refractivity contribution is 6.21. The van der Waals surface area contributed by atoms with Crippen LogP contribution in [-0.2, 0) is 6.54 Å². The summed E-state index contributed by atoms with van der Waals surface area (Å²) < 4.78 is 2.18. The summed E-state index contributed by atoms with van der Waals surface area (Å²) in [6, 6.07) is 25.8. The van der Waals surface area contributed by atoms with Crippen LogP contribution in [0.25, 0.3) is 32.6 Å². The van der Waals surface area contributed by atoms with E-state index >= 15 is 0 Å². The number of carbonyl (C=O) groups is 1. The molecule has 1 N–H and O–H groups in total. The molecule has 0 saturated carbocycles. The van der Waals surface area contributed by atoms with Crippen molar-refractivity contribution < 1.29 is 9.90 Å². The van der Waals surface area contributed by atoms with Gasteiger partial charge in [-0.2, -0.15) is 0 Å². The standard InChI is InChI=1S/C24H17NO2/c26-15-18-10-6-12-20-22(18)23-21(25(20)14-16-7-2-1-3-8-16)13-17-9-4-5-11-19(17)24(23)27/h1-13,15,27H,14H2. The Morgan fingerprint density at radius 3 is 2.41 bits per heavy atom. The van der Waals surface area contributed by atoms with E-state index in [1.165, 1.54) is 5.56 Å². The quantitative estimate of drug-likeness (QED) is 0.435. The van der Waals surface area contributed by atoms with Gasteiger partial charge in [-0.25, -0.2) is 0 Å². The number of benzene rings is 4. The second kappa shape index (κ2) is 5.99. The van der Waals surface area contributed by atoms with Gasteiger partial charge in [0.1, 0.15) is 5.75 Å². The van der Waals surface area contributed by atoms with Crippen LogP contribution in [0.5, 0.6) is 5.75 Å². The van der Waals surface area contributed by atoms with E-state index in [4.69, 9.17) is 0 Å². The van der Waals surface area contributed by atoms with Crippen molar-refractivity contribution in [2.24, 2.45) is 0 Å². The molecule has 5 aromatic rings. The Labute approximate surface area is 156 Å². The largest absolute Gasteiger partial charge is 0.507 e. The fraction of sp³-hybridized carbons (Fsp3) is 0.0417. The molecule has 1 heterocycles. The van der Waals surface area contributed by atoms with E-state index in [2.05, 4.69) is 22.8 Å². The minimum atomic E-state index is 0.231. The van der Waals surface area contributed by atoms with Crippen molar-refractivity contribution in [1.82, 2.24) is 4.57 Å². The molecule has 3 heteroatoms. The minimum Gasteiger partial charge on any atom is -0.507 e. The molecule has 130 valence electrons. The van der Waals surface area contributed by atoms with Crippen LogP contribution >= 0.6 is 0 Å². The van der Waals surface area contributed by atoms with Crippen LogP contribution < -0.4 is 0 Å². The number of fused-ring (bicyclic) bond motifs is 4. The fourth-order valence-electron chi connectivity index (χ4n) is 3.99. The van der Waals surface area contributed by atoms with Crippen molar-refractivity contribution in [3.05, 3.63) is 90.0 Å². The molecule has 0 bridgehead atoms. The maximum atomic E-state index is 11.7. The van der Waals surface area contributed by atoms with E-state index in [0.717, 1.165) is 38.9 Å². The van der Waals surface area contributed by atoms with Gasteiger partial charge in [-0.1, -0.05) is 66.7 Å². The summed E-state index contributed by atoms with van der Waals surface area (Å²) in [4.78, 5) is 11.7. The van der Waals surface area contributed by atoms with Gasteiger partial charge < -0.3 is 9.67 Å². The first-order valence-electron chi connectivity index (χ1n) is 8.92. The number of hydrogen-bond acceptors (Lipinski definition) is 2. The zero-order valence-corrected chi connectivity index (χ0v) is 14.6. The molecule has 5 rings (SSSR count). The molecule has 4 aromatic carbocycles. The third-order valence-electron chi connectivity index (χ3n) is 5.22. The lowest BCUT2D eigenvalue weighted by atomic mass is 10.0. The highest BCUT2D eigenvalue weighted by atomic mass is 16.3. The zero-order valence-electron chi connectivity index (χ0n) is 14.6. The third kappa shape index (κ3) is 2.32. The number of aldehydes is 1. The van der Waals surface area contributed by atoms with Crippen molar-refractivity contribution in [2.75, 3.05) is 0 Å². The molecule has 0 spiro atoms. The first-order valence-corrected chi connectivity index (χ1v) is 8.92. The first kappa shape index (κ1) is 15.6. The molecule has 0 amide bonds. The lowest BCUT2D eigenvalue weighted by molar-refractivity contribution is 0.112. The van der Waals surface area contributed by atoms with E-state index in [9.17, 15) is 9.90 Å². The van der Waals surface area contributed by atoms with Crippen LogP contribution in [0.15, 0.2) is 78.9 Å².